The van der Waals surface area contributed by atoms with Crippen LogP contribution in [0.2, 0.25) is 0 Å². The number of aryl methyl sites for hydroxylation is 1. The highest BCUT2D eigenvalue weighted by atomic mass is 16.1. The first kappa shape index (κ1) is 12.9. The molecule has 2 rings (SSSR count). The Morgan fingerprint density at radius 1 is 1.33 bits per heavy atom. The largest absolute Gasteiger partial charge is 0.382 e. The first-order valence-corrected chi connectivity index (χ1v) is 6.50. The lowest BCUT2D eigenvalue weighted by molar-refractivity contribution is 0.0963. The Kier molecular flexibility index (Phi) is 4.20. The molecular weight excluding hydrogens is 226 g/mol. The fraction of sp³-hybridized carbons (Fsp3) is 0.500. The van der Waals surface area contributed by atoms with Crippen molar-refractivity contribution < 1.29 is 4.79 Å². The standard InChI is InChI=1S/C14H21N3O/c1-10-9-11(14(18)15-2)3-4-13(10)17-12-5-7-16-8-6-12/h3-4,9,12,16-17H,5-8H2,1-2H3,(H,15,18). The molecule has 0 spiro atoms. The molecule has 0 atom stereocenters. The summed E-state index contributed by atoms with van der Waals surface area (Å²) >= 11 is 0. The van der Waals surface area contributed by atoms with Gasteiger partial charge in [0.05, 0.1) is 0 Å². The minimum absolute atomic E-state index is 0.0356. The lowest BCUT2D eigenvalue weighted by atomic mass is 10.0. The Balaban J connectivity index is 2.07. The van der Waals surface area contributed by atoms with Crippen molar-refractivity contribution in [3.8, 4) is 0 Å². The summed E-state index contributed by atoms with van der Waals surface area (Å²) in [5.74, 6) is -0.0356. The molecule has 4 nitrogen and oxygen atoms in total. The van der Waals surface area contributed by atoms with Gasteiger partial charge >= 0.3 is 0 Å². The summed E-state index contributed by atoms with van der Waals surface area (Å²) in [6.07, 6.45) is 2.30. The lowest BCUT2D eigenvalue weighted by Gasteiger charge is -2.25. The third kappa shape index (κ3) is 3.01. The van der Waals surface area contributed by atoms with Crippen LogP contribution in [0, 0.1) is 6.92 Å². The summed E-state index contributed by atoms with van der Waals surface area (Å²) < 4.78 is 0. The molecule has 1 aromatic rings. The summed E-state index contributed by atoms with van der Waals surface area (Å²) in [6.45, 7) is 4.19. The normalized spacial score (nSPS) is 16.3. The number of rotatable bonds is 3. The maximum Gasteiger partial charge on any atom is 0.251 e. The van der Waals surface area contributed by atoms with E-state index < -0.39 is 0 Å². The Bertz CT molecular complexity index is 425. The van der Waals surface area contributed by atoms with Crippen LogP contribution in [0.15, 0.2) is 18.2 Å². The van der Waals surface area contributed by atoms with Crippen LogP contribution in [0.25, 0.3) is 0 Å². The maximum absolute atomic E-state index is 11.5. The number of nitrogens with one attached hydrogen (secondary N) is 3. The van der Waals surface area contributed by atoms with Crippen LogP contribution in [-0.4, -0.2) is 32.1 Å². The molecule has 1 aliphatic rings. The number of anilines is 1. The number of carbonyl (C=O) groups is 1. The van der Waals surface area contributed by atoms with Crippen molar-refractivity contribution in [2.45, 2.75) is 25.8 Å². The van der Waals surface area contributed by atoms with Gasteiger partial charge in [0, 0.05) is 24.3 Å². The highest BCUT2D eigenvalue weighted by Crippen LogP contribution is 2.19. The van der Waals surface area contributed by atoms with E-state index in [4.69, 9.17) is 0 Å². The molecule has 0 bridgehead atoms. The van der Waals surface area contributed by atoms with Crippen LogP contribution in [0.3, 0.4) is 0 Å². The Labute approximate surface area is 108 Å². The predicted octanol–water partition coefficient (Wildman–Crippen LogP) is 1.52. The average Bonchev–Trinajstić information content (AvgIpc) is 2.41. The second kappa shape index (κ2) is 5.87. The zero-order valence-corrected chi connectivity index (χ0v) is 11.0. The molecule has 98 valence electrons. The minimum atomic E-state index is -0.0356. The zero-order valence-electron chi connectivity index (χ0n) is 11.0. The third-order valence-corrected chi connectivity index (χ3v) is 3.41. The van der Waals surface area contributed by atoms with E-state index >= 15 is 0 Å². The molecule has 18 heavy (non-hydrogen) atoms. The number of benzene rings is 1. The third-order valence-electron chi connectivity index (χ3n) is 3.41. The first-order valence-electron chi connectivity index (χ1n) is 6.50. The van der Waals surface area contributed by atoms with Crippen LogP contribution >= 0.6 is 0 Å². The van der Waals surface area contributed by atoms with Crippen LogP contribution < -0.4 is 16.0 Å². The van der Waals surface area contributed by atoms with E-state index in [1.165, 1.54) is 0 Å². The molecule has 1 amide bonds. The smallest absolute Gasteiger partial charge is 0.251 e. The number of hydrogen-bond acceptors (Lipinski definition) is 3. The number of amides is 1. The summed E-state index contributed by atoms with van der Waals surface area (Å²) in [4.78, 5) is 11.5. The highest BCUT2D eigenvalue weighted by Gasteiger charge is 2.14. The van der Waals surface area contributed by atoms with Crippen molar-refractivity contribution in [2.75, 3.05) is 25.5 Å². The SMILES string of the molecule is CNC(=O)c1ccc(NC2CCNCC2)c(C)c1. The van der Waals surface area contributed by atoms with Gasteiger partial charge in [0.2, 0.25) is 0 Å². The highest BCUT2D eigenvalue weighted by molar-refractivity contribution is 5.94. The molecule has 1 heterocycles. The van der Waals surface area contributed by atoms with Gasteiger partial charge in [0.25, 0.3) is 5.91 Å². The van der Waals surface area contributed by atoms with E-state index in [9.17, 15) is 4.79 Å². The Morgan fingerprint density at radius 2 is 2.06 bits per heavy atom. The van der Waals surface area contributed by atoms with Gasteiger partial charge in [-0.2, -0.15) is 0 Å². The molecule has 0 aromatic heterocycles. The molecule has 1 aliphatic heterocycles. The fourth-order valence-electron chi connectivity index (χ4n) is 2.30. The summed E-state index contributed by atoms with van der Waals surface area (Å²) in [5, 5.41) is 9.56. The molecule has 1 saturated heterocycles. The summed E-state index contributed by atoms with van der Waals surface area (Å²) in [5.41, 5.74) is 2.97. The number of piperidine rings is 1. The van der Waals surface area contributed by atoms with Gasteiger partial charge in [-0.3, -0.25) is 4.79 Å². The molecule has 3 N–H and O–H groups in total. The lowest BCUT2D eigenvalue weighted by Crippen LogP contribution is -2.35. The second-order valence-electron chi connectivity index (χ2n) is 4.78. The van der Waals surface area contributed by atoms with Crippen molar-refractivity contribution >= 4 is 11.6 Å². The van der Waals surface area contributed by atoms with Gasteiger partial charge in [-0.05, 0) is 56.6 Å². The van der Waals surface area contributed by atoms with E-state index in [2.05, 4.69) is 16.0 Å². The summed E-state index contributed by atoms with van der Waals surface area (Å²) in [6, 6.07) is 6.34. The Hall–Kier alpha value is -1.55. The van der Waals surface area contributed by atoms with E-state index in [-0.39, 0.29) is 5.91 Å². The van der Waals surface area contributed by atoms with Gasteiger partial charge < -0.3 is 16.0 Å². The maximum atomic E-state index is 11.5. The van der Waals surface area contributed by atoms with Gasteiger partial charge in [0.1, 0.15) is 0 Å². The van der Waals surface area contributed by atoms with Gasteiger partial charge in [0.15, 0.2) is 0 Å². The molecule has 0 aliphatic carbocycles. The second-order valence-corrected chi connectivity index (χ2v) is 4.78. The molecular formula is C14H21N3O. The van der Waals surface area contributed by atoms with Crippen LogP contribution in [0.1, 0.15) is 28.8 Å². The van der Waals surface area contributed by atoms with E-state index in [1.54, 1.807) is 7.05 Å². The van der Waals surface area contributed by atoms with E-state index in [0.29, 0.717) is 11.6 Å². The quantitative estimate of drug-likeness (QED) is 0.759. The Morgan fingerprint density at radius 3 is 2.67 bits per heavy atom. The summed E-state index contributed by atoms with van der Waals surface area (Å²) in [7, 11) is 1.65. The van der Waals surface area contributed by atoms with Gasteiger partial charge in [-0.1, -0.05) is 0 Å². The van der Waals surface area contributed by atoms with Crippen molar-refractivity contribution in [3.05, 3.63) is 29.3 Å². The monoisotopic (exact) mass is 247 g/mol. The molecule has 0 radical (unpaired) electrons. The van der Waals surface area contributed by atoms with Crippen LogP contribution in [-0.2, 0) is 0 Å². The van der Waals surface area contributed by atoms with Crippen LogP contribution in [0.5, 0.6) is 0 Å². The molecule has 0 saturated carbocycles. The van der Waals surface area contributed by atoms with Crippen molar-refractivity contribution in [1.29, 1.82) is 0 Å². The topological polar surface area (TPSA) is 53.2 Å². The fourth-order valence-corrected chi connectivity index (χ4v) is 2.30. The van der Waals surface area contributed by atoms with E-state index in [1.807, 2.05) is 25.1 Å². The molecule has 0 unspecified atom stereocenters. The number of carbonyl (C=O) groups excluding carboxylic acids is 1. The molecule has 1 aromatic carbocycles. The molecule has 4 heteroatoms. The predicted molar refractivity (Wildman–Crippen MR) is 74.1 cm³/mol. The van der Waals surface area contributed by atoms with Crippen molar-refractivity contribution in [3.63, 3.8) is 0 Å². The minimum Gasteiger partial charge on any atom is -0.382 e. The molecule has 1 fully saturated rings. The number of hydrogen-bond donors (Lipinski definition) is 3. The van der Waals surface area contributed by atoms with Crippen molar-refractivity contribution in [2.24, 2.45) is 0 Å². The van der Waals surface area contributed by atoms with Crippen LogP contribution in [0.4, 0.5) is 5.69 Å². The van der Waals surface area contributed by atoms with Gasteiger partial charge in [-0.25, -0.2) is 0 Å². The van der Waals surface area contributed by atoms with Crippen molar-refractivity contribution in [1.82, 2.24) is 10.6 Å². The first-order chi connectivity index (χ1) is 8.70. The zero-order chi connectivity index (χ0) is 13.0. The van der Waals surface area contributed by atoms with Gasteiger partial charge in [-0.15, -0.1) is 0 Å². The average molecular weight is 247 g/mol. The van der Waals surface area contributed by atoms with E-state index in [0.717, 1.165) is 37.2 Å².